The summed E-state index contributed by atoms with van der Waals surface area (Å²) in [5.41, 5.74) is 0.796. The maximum atomic E-state index is 12.5. The summed E-state index contributed by atoms with van der Waals surface area (Å²) in [4.78, 5) is 23.7. The molecule has 0 spiro atoms. The molecule has 1 aromatic carbocycles. The molecule has 0 saturated carbocycles. The Balaban J connectivity index is 2.29. The first-order valence-electron chi connectivity index (χ1n) is 6.88. The van der Waals surface area contributed by atoms with Crippen molar-refractivity contribution in [3.63, 3.8) is 0 Å². The minimum Gasteiger partial charge on any atom is -0.486 e. The van der Waals surface area contributed by atoms with Crippen LogP contribution < -0.4 is 4.74 Å². The van der Waals surface area contributed by atoms with Crippen molar-refractivity contribution in [2.24, 2.45) is 0 Å². The molecule has 3 rings (SSSR count). The predicted molar refractivity (Wildman–Crippen MR) is 76.2 cm³/mol. The first kappa shape index (κ1) is 13.7. The van der Waals surface area contributed by atoms with E-state index in [1.165, 1.54) is 0 Å². The van der Waals surface area contributed by atoms with Crippen LogP contribution in [0.25, 0.3) is 11.0 Å². The molecule has 0 fully saturated rings. The first-order chi connectivity index (χ1) is 9.86. The van der Waals surface area contributed by atoms with Gasteiger partial charge in [-0.2, -0.15) is 0 Å². The van der Waals surface area contributed by atoms with Crippen LogP contribution in [0.2, 0.25) is 0 Å². The van der Waals surface area contributed by atoms with Gasteiger partial charge in [0.2, 0.25) is 5.76 Å². The van der Waals surface area contributed by atoms with E-state index in [2.05, 4.69) is 0 Å². The highest BCUT2D eigenvalue weighted by molar-refractivity contribution is 6.13. The van der Waals surface area contributed by atoms with Gasteiger partial charge in [-0.15, -0.1) is 0 Å². The second-order valence-electron chi connectivity index (χ2n) is 5.68. The molecule has 5 nitrogen and oxygen atoms in total. The van der Waals surface area contributed by atoms with E-state index in [0.29, 0.717) is 27.8 Å². The van der Waals surface area contributed by atoms with E-state index < -0.39 is 11.6 Å². The van der Waals surface area contributed by atoms with Crippen LogP contribution in [0.5, 0.6) is 5.75 Å². The van der Waals surface area contributed by atoms with Gasteiger partial charge in [0.05, 0.1) is 12.0 Å². The molecular weight excluding hydrogens is 272 g/mol. The predicted octanol–water partition coefficient (Wildman–Crippen LogP) is 3.57. The molecule has 1 aliphatic rings. The van der Waals surface area contributed by atoms with Gasteiger partial charge in [0.25, 0.3) is 0 Å². The lowest BCUT2D eigenvalue weighted by molar-refractivity contribution is 0.0502. The van der Waals surface area contributed by atoms with Gasteiger partial charge in [-0.25, -0.2) is 4.79 Å². The summed E-state index contributed by atoms with van der Waals surface area (Å²) in [6.07, 6.45) is 1.00. The number of rotatable bonds is 2. The number of benzene rings is 1. The number of ketones is 1. The van der Waals surface area contributed by atoms with Crippen molar-refractivity contribution in [2.45, 2.75) is 39.2 Å². The zero-order chi connectivity index (χ0) is 15.4. The number of carbonyl (C=O) groups is 2. The zero-order valence-corrected chi connectivity index (χ0v) is 12.1. The highest BCUT2D eigenvalue weighted by Crippen LogP contribution is 2.41. The Kier molecular flexibility index (Phi) is 2.83. The summed E-state index contributed by atoms with van der Waals surface area (Å²) in [6, 6.07) is 3.33. The molecule has 2 aromatic rings. The van der Waals surface area contributed by atoms with Gasteiger partial charge < -0.3 is 14.3 Å². The maximum Gasteiger partial charge on any atom is 0.372 e. The van der Waals surface area contributed by atoms with Crippen molar-refractivity contribution in [2.75, 3.05) is 0 Å². The lowest BCUT2D eigenvalue weighted by Crippen LogP contribution is -2.38. The first-order valence-corrected chi connectivity index (χ1v) is 6.88. The van der Waals surface area contributed by atoms with Gasteiger partial charge >= 0.3 is 5.97 Å². The molecular formula is C16H16O5. The summed E-state index contributed by atoms with van der Waals surface area (Å²) in [5, 5.41) is 9.70. The molecule has 1 N–H and O–H groups in total. The van der Waals surface area contributed by atoms with Gasteiger partial charge in [-0.05, 0) is 32.4 Å². The van der Waals surface area contributed by atoms with Crippen LogP contribution in [-0.2, 0) is 0 Å². The monoisotopic (exact) mass is 288 g/mol. The molecule has 1 atom stereocenters. The Morgan fingerprint density at radius 2 is 2.14 bits per heavy atom. The number of carboxylic acid groups (broad SMARTS) is 1. The quantitative estimate of drug-likeness (QED) is 0.914. The van der Waals surface area contributed by atoms with Gasteiger partial charge in [-0.3, -0.25) is 4.79 Å². The molecule has 0 amide bonds. The molecule has 110 valence electrons. The van der Waals surface area contributed by atoms with Crippen molar-refractivity contribution in [1.82, 2.24) is 0 Å². The summed E-state index contributed by atoms with van der Waals surface area (Å²) in [6.45, 7) is 5.53. The Morgan fingerprint density at radius 1 is 1.43 bits per heavy atom. The maximum absolute atomic E-state index is 12.5. The number of hydrogen-bond acceptors (Lipinski definition) is 4. The van der Waals surface area contributed by atoms with Crippen LogP contribution in [0, 0.1) is 6.92 Å². The topological polar surface area (TPSA) is 76.7 Å². The SMILES string of the molecule is CC[C@@]1(C)CC(=O)c2c(ccc3oc(C(=O)O)c(C)c23)O1. The number of hydrogen-bond donors (Lipinski definition) is 1. The fraction of sp³-hybridized carbons (Fsp3) is 0.375. The summed E-state index contributed by atoms with van der Waals surface area (Å²) < 4.78 is 11.3. The minimum absolute atomic E-state index is 0.0351. The highest BCUT2D eigenvalue weighted by atomic mass is 16.5. The van der Waals surface area contributed by atoms with Crippen molar-refractivity contribution in [1.29, 1.82) is 0 Å². The molecule has 2 heterocycles. The lowest BCUT2D eigenvalue weighted by Gasteiger charge is -2.34. The summed E-state index contributed by atoms with van der Waals surface area (Å²) in [7, 11) is 0. The third kappa shape index (κ3) is 1.92. The summed E-state index contributed by atoms with van der Waals surface area (Å²) >= 11 is 0. The largest absolute Gasteiger partial charge is 0.486 e. The molecule has 0 unspecified atom stereocenters. The fourth-order valence-electron chi connectivity index (χ4n) is 2.81. The van der Waals surface area contributed by atoms with Crippen LogP contribution in [0.1, 0.15) is 53.2 Å². The molecule has 0 aliphatic carbocycles. The van der Waals surface area contributed by atoms with Crippen molar-refractivity contribution >= 4 is 22.7 Å². The van der Waals surface area contributed by atoms with E-state index in [1.54, 1.807) is 19.1 Å². The molecule has 0 saturated heterocycles. The van der Waals surface area contributed by atoms with Gasteiger partial charge in [0.15, 0.2) is 5.78 Å². The van der Waals surface area contributed by atoms with Crippen LogP contribution in [-0.4, -0.2) is 22.5 Å². The third-order valence-corrected chi connectivity index (χ3v) is 4.17. The number of furan rings is 1. The molecule has 1 aromatic heterocycles. The zero-order valence-electron chi connectivity index (χ0n) is 12.1. The second kappa shape index (κ2) is 4.35. The van der Waals surface area contributed by atoms with E-state index in [9.17, 15) is 9.59 Å². The number of carboxylic acids is 1. The highest BCUT2D eigenvalue weighted by Gasteiger charge is 2.37. The average molecular weight is 288 g/mol. The number of Topliss-reactive ketones (excluding diaryl/α,β-unsaturated/α-hetero) is 1. The van der Waals surface area contributed by atoms with Gasteiger partial charge in [0, 0.05) is 10.9 Å². The smallest absolute Gasteiger partial charge is 0.372 e. The van der Waals surface area contributed by atoms with E-state index in [1.807, 2.05) is 13.8 Å². The van der Waals surface area contributed by atoms with Crippen molar-refractivity contribution < 1.29 is 23.8 Å². The van der Waals surface area contributed by atoms with Gasteiger partial charge in [0.1, 0.15) is 16.9 Å². The molecule has 0 bridgehead atoms. The van der Waals surface area contributed by atoms with Crippen LogP contribution in [0.4, 0.5) is 0 Å². The van der Waals surface area contributed by atoms with Crippen LogP contribution in [0.3, 0.4) is 0 Å². The van der Waals surface area contributed by atoms with E-state index in [0.717, 1.165) is 6.42 Å². The van der Waals surface area contributed by atoms with E-state index in [4.69, 9.17) is 14.3 Å². The minimum atomic E-state index is -1.14. The number of ether oxygens (including phenoxy) is 1. The van der Waals surface area contributed by atoms with Crippen LogP contribution in [0.15, 0.2) is 16.5 Å². The van der Waals surface area contributed by atoms with E-state index in [-0.39, 0.29) is 18.0 Å². The summed E-state index contributed by atoms with van der Waals surface area (Å²) in [5.74, 6) is -0.800. The number of fused-ring (bicyclic) bond motifs is 3. The standard InChI is InChI=1S/C16H16O5/c1-4-16(3)7-9(17)13-11(21-16)6-5-10-12(13)8(2)14(20-10)15(18)19/h5-6H,4,7H2,1-3H3,(H,18,19)/t16-/m0/s1. The molecule has 1 aliphatic heterocycles. The van der Waals surface area contributed by atoms with Gasteiger partial charge in [-0.1, -0.05) is 6.92 Å². The normalized spacial score (nSPS) is 21.2. The Hall–Kier alpha value is -2.30. The molecule has 5 heteroatoms. The number of aryl methyl sites for hydroxylation is 1. The molecule has 21 heavy (non-hydrogen) atoms. The third-order valence-electron chi connectivity index (χ3n) is 4.17. The Morgan fingerprint density at radius 3 is 2.76 bits per heavy atom. The van der Waals surface area contributed by atoms with Crippen LogP contribution >= 0.6 is 0 Å². The number of aromatic carboxylic acids is 1. The fourth-order valence-corrected chi connectivity index (χ4v) is 2.81. The van der Waals surface area contributed by atoms with Crippen molar-refractivity contribution in [3.8, 4) is 5.75 Å². The molecule has 0 radical (unpaired) electrons. The Labute approximate surface area is 121 Å². The lowest BCUT2D eigenvalue weighted by atomic mass is 9.87. The van der Waals surface area contributed by atoms with Crippen molar-refractivity contribution in [3.05, 3.63) is 29.0 Å². The average Bonchev–Trinajstić information content (AvgIpc) is 2.76. The Bertz CT molecular complexity index is 771. The van der Waals surface area contributed by atoms with E-state index >= 15 is 0 Å². The second-order valence-corrected chi connectivity index (χ2v) is 5.68. The number of carbonyl (C=O) groups excluding carboxylic acids is 1.